The summed E-state index contributed by atoms with van der Waals surface area (Å²) in [6.45, 7) is 3.34. The van der Waals surface area contributed by atoms with E-state index in [4.69, 9.17) is 14.2 Å². The lowest BCUT2D eigenvalue weighted by atomic mass is 10.1. The third-order valence-corrected chi connectivity index (χ3v) is 5.34. The Balaban J connectivity index is 2.31. The Labute approximate surface area is 179 Å². The zero-order valence-corrected chi connectivity index (χ0v) is 18.5. The quantitative estimate of drug-likeness (QED) is 0.251. The molecule has 1 aliphatic rings. The Bertz CT molecular complexity index is 498. The summed E-state index contributed by atoms with van der Waals surface area (Å²) in [5.74, 6) is -3.14. The minimum atomic E-state index is -2.23. The predicted octanol–water partition coefficient (Wildman–Crippen LogP) is 2.60. The normalized spacial score (nSPS) is 26.0. The van der Waals surface area contributed by atoms with Crippen molar-refractivity contribution in [2.75, 3.05) is 13.2 Å². The molecule has 1 aliphatic heterocycles. The van der Waals surface area contributed by atoms with Gasteiger partial charge in [0.15, 0.2) is 0 Å². The van der Waals surface area contributed by atoms with Crippen LogP contribution in [0.1, 0.15) is 90.9 Å². The molecule has 0 aliphatic carbocycles. The van der Waals surface area contributed by atoms with E-state index >= 15 is 0 Å². The molecule has 0 radical (unpaired) electrons. The second-order valence-electron chi connectivity index (χ2n) is 8.11. The van der Waals surface area contributed by atoms with E-state index in [1.54, 1.807) is 0 Å². The molecule has 0 aromatic heterocycles. The minimum absolute atomic E-state index is 0.220. The maximum Gasteiger partial charge on any atom is 0.305 e. The first-order chi connectivity index (χ1) is 14.3. The van der Waals surface area contributed by atoms with Gasteiger partial charge in [-0.1, -0.05) is 65.2 Å². The number of carbonyl (C=O) groups is 2. The van der Waals surface area contributed by atoms with Crippen LogP contribution in [0.25, 0.3) is 0 Å². The summed E-state index contributed by atoms with van der Waals surface area (Å²) in [5, 5.41) is 30.6. The smallest absolute Gasteiger partial charge is 0.305 e. The molecule has 0 aromatic rings. The summed E-state index contributed by atoms with van der Waals surface area (Å²) in [5.41, 5.74) is 0. The third kappa shape index (κ3) is 9.73. The van der Waals surface area contributed by atoms with Crippen LogP contribution in [0.2, 0.25) is 0 Å². The SMILES string of the molecule is CCCCCCCC(=O)OC[C@H]1O[C@@](O)(COC(=O)CCCCCCC)[C@H](O)[C@@H]1O. The van der Waals surface area contributed by atoms with Gasteiger partial charge in [-0.2, -0.15) is 0 Å². The molecule has 0 saturated carbocycles. The molecular formula is C22H40O8. The van der Waals surface area contributed by atoms with Crippen molar-refractivity contribution in [2.45, 2.75) is 115 Å². The Morgan fingerprint density at radius 1 is 0.833 bits per heavy atom. The number of aliphatic hydroxyl groups excluding tert-OH is 2. The molecule has 0 spiro atoms. The van der Waals surface area contributed by atoms with Gasteiger partial charge in [0.25, 0.3) is 0 Å². The number of ether oxygens (including phenoxy) is 3. The van der Waals surface area contributed by atoms with E-state index in [-0.39, 0.29) is 19.4 Å². The van der Waals surface area contributed by atoms with E-state index in [0.29, 0.717) is 6.42 Å². The first-order valence-electron chi connectivity index (χ1n) is 11.4. The van der Waals surface area contributed by atoms with Gasteiger partial charge in [-0.05, 0) is 12.8 Å². The Morgan fingerprint density at radius 3 is 1.87 bits per heavy atom. The molecule has 0 bridgehead atoms. The molecule has 1 saturated heterocycles. The summed E-state index contributed by atoms with van der Waals surface area (Å²) in [6.07, 6.45) is 6.20. The van der Waals surface area contributed by atoms with Crippen molar-refractivity contribution in [1.82, 2.24) is 0 Å². The van der Waals surface area contributed by atoms with Gasteiger partial charge in [-0.25, -0.2) is 0 Å². The fourth-order valence-corrected chi connectivity index (χ4v) is 3.37. The summed E-state index contributed by atoms with van der Waals surface area (Å²) < 4.78 is 15.4. The van der Waals surface area contributed by atoms with Crippen molar-refractivity contribution in [3.8, 4) is 0 Å². The van der Waals surface area contributed by atoms with Crippen LogP contribution < -0.4 is 0 Å². The first-order valence-corrected chi connectivity index (χ1v) is 11.4. The molecule has 0 aromatic carbocycles. The number of aliphatic hydroxyl groups is 3. The van der Waals surface area contributed by atoms with Crippen LogP contribution in [0.3, 0.4) is 0 Å². The molecule has 3 N–H and O–H groups in total. The molecule has 8 heteroatoms. The Kier molecular flexibility index (Phi) is 13.2. The lowest BCUT2D eigenvalue weighted by Gasteiger charge is -2.25. The van der Waals surface area contributed by atoms with Gasteiger partial charge >= 0.3 is 11.9 Å². The maximum atomic E-state index is 11.8. The number of rotatable bonds is 16. The van der Waals surface area contributed by atoms with E-state index in [2.05, 4.69) is 13.8 Å². The molecule has 8 nitrogen and oxygen atoms in total. The van der Waals surface area contributed by atoms with Crippen LogP contribution in [0.4, 0.5) is 0 Å². The molecular weight excluding hydrogens is 392 g/mol. The zero-order chi connectivity index (χ0) is 22.4. The van der Waals surface area contributed by atoms with Crippen LogP contribution in [0.15, 0.2) is 0 Å². The second kappa shape index (κ2) is 14.7. The van der Waals surface area contributed by atoms with E-state index in [1.807, 2.05) is 0 Å². The van der Waals surface area contributed by atoms with Gasteiger partial charge < -0.3 is 29.5 Å². The van der Waals surface area contributed by atoms with Crippen molar-refractivity contribution in [3.63, 3.8) is 0 Å². The highest BCUT2D eigenvalue weighted by molar-refractivity contribution is 5.69. The van der Waals surface area contributed by atoms with Crippen LogP contribution in [-0.4, -0.2) is 64.6 Å². The first kappa shape index (κ1) is 26.8. The monoisotopic (exact) mass is 432 g/mol. The average molecular weight is 433 g/mol. The van der Waals surface area contributed by atoms with Crippen LogP contribution >= 0.6 is 0 Å². The molecule has 1 fully saturated rings. The van der Waals surface area contributed by atoms with E-state index in [1.165, 1.54) is 0 Å². The summed E-state index contributed by atoms with van der Waals surface area (Å²) in [4.78, 5) is 23.6. The number of hydrogen-bond donors (Lipinski definition) is 3. The summed E-state index contributed by atoms with van der Waals surface area (Å²) >= 11 is 0. The fourth-order valence-electron chi connectivity index (χ4n) is 3.37. The summed E-state index contributed by atoms with van der Waals surface area (Å²) in [7, 11) is 0. The lowest BCUT2D eigenvalue weighted by molar-refractivity contribution is -0.253. The highest BCUT2D eigenvalue weighted by atomic mass is 16.7. The van der Waals surface area contributed by atoms with Crippen LogP contribution in [0.5, 0.6) is 0 Å². The summed E-state index contributed by atoms with van der Waals surface area (Å²) in [6, 6.07) is 0. The maximum absolute atomic E-state index is 11.8. The zero-order valence-electron chi connectivity index (χ0n) is 18.5. The van der Waals surface area contributed by atoms with Crippen molar-refractivity contribution in [3.05, 3.63) is 0 Å². The van der Waals surface area contributed by atoms with E-state index in [9.17, 15) is 24.9 Å². The van der Waals surface area contributed by atoms with Gasteiger partial charge in [-0.3, -0.25) is 9.59 Å². The van der Waals surface area contributed by atoms with Crippen molar-refractivity contribution in [2.24, 2.45) is 0 Å². The van der Waals surface area contributed by atoms with Gasteiger partial charge in [0.1, 0.15) is 31.5 Å². The highest BCUT2D eigenvalue weighted by Gasteiger charge is 2.54. The molecule has 176 valence electrons. The molecule has 0 amide bonds. The van der Waals surface area contributed by atoms with Gasteiger partial charge in [0.05, 0.1) is 0 Å². The van der Waals surface area contributed by atoms with Crippen molar-refractivity contribution in [1.29, 1.82) is 0 Å². The van der Waals surface area contributed by atoms with Crippen LogP contribution in [0, 0.1) is 0 Å². The minimum Gasteiger partial charge on any atom is -0.463 e. The second-order valence-corrected chi connectivity index (χ2v) is 8.11. The largest absolute Gasteiger partial charge is 0.463 e. The predicted molar refractivity (Wildman–Crippen MR) is 111 cm³/mol. The number of esters is 2. The van der Waals surface area contributed by atoms with Gasteiger partial charge in [-0.15, -0.1) is 0 Å². The molecule has 30 heavy (non-hydrogen) atoms. The third-order valence-electron chi connectivity index (χ3n) is 5.34. The van der Waals surface area contributed by atoms with Gasteiger partial charge in [0.2, 0.25) is 5.79 Å². The Morgan fingerprint density at radius 2 is 1.33 bits per heavy atom. The Hall–Kier alpha value is -1.22. The number of unbranched alkanes of at least 4 members (excludes halogenated alkanes) is 8. The molecule has 4 atom stereocenters. The van der Waals surface area contributed by atoms with E-state index in [0.717, 1.165) is 57.8 Å². The molecule has 0 unspecified atom stereocenters. The topological polar surface area (TPSA) is 123 Å². The molecule has 1 rings (SSSR count). The molecule has 1 heterocycles. The standard InChI is InChI=1S/C22H40O8/c1-3-5-7-9-11-13-18(23)28-15-17-20(25)21(26)22(27,30-17)16-29-19(24)14-12-10-8-6-4-2/h17,20-21,25-27H,3-16H2,1-2H3/t17-,20-,21-,22+/m1/s1. The fraction of sp³-hybridized carbons (Fsp3) is 0.909. The van der Waals surface area contributed by atoms with E-state index < -0.39 is 42.6 Å². The van der Waals surface area contributed by atoms with Crippen LogP contribution in [-0.2, 0) is 23.8 Å². The highest BCUT2D eigenvalue weighted by Crippen LogP contribution is 2.30. The van der Waals surface area contributed by atoms with Gasteiger partial charge in [0, 0.05) is 12.8 Å². The van der Waals surface area contributed by atoms with Crippen molar-refractivity contribution >= 4 is 11.9 Å². The van der Waals surface area contributed by atoms with Crippen molar-refractivity contribution < 1.29 is 39.1 Å². The number of hydrogen-bond acceptors (Lipinski definition) is 8. The lowest BCUT2D eigenvalue weighted by Crippen LogP contribution is -2.47. The average Bonchev–Trinajstić information content (AvgIpc) is 2.94. The number of carbonyl (C=O) groups excluding carboxylic acids is 2.